The normalized spacial score (nSPS) is 11.5. The Hall–Kier alpha value is -2.70. The zero-order valence-electron chi connectivity index (χ0n) is 11.4. The number of carbonyl (C=O) groups is 1. The van der Waals surface area contributed by atoms with E-state index < -0.39 is 27.0 Å². The number of hydrogen-bond acceptors (Lipinski definition) is 5. The van der Waals surface area contributed by atoms with Crippen LogP contribution in [0.3, 0.4) is 0 Å². The van der Waals surface area contributed by atoms with Crippen molar-refractivity contribution in [1.29, 1.82) is 5.26 Å². The van der Waals surface area contributed by atoms with Gasteiger partial charge in [0, 0.05) is 24.1 Å². The lowest BCUT2D eigenvalue weighted by Crippen LogP contribution is -2.27. The van der Waals surface area contributed by atoms with E-state index in [4.69, 9.17) is 10.4 Å². The monoisotopic (exact) mass is 321 g/mol. The van der Waals surface area contributed by atoms with Gasteiger partial charge in [-0.1, -0.05) is 0 Å². The van der Waals surface area contributed by atoms with Gasteiger partial charge in [-0.3, -0.25) is 4.79 Å². The smallest absolute Gasteiger partial charge is 0.341 e. The molecule has 0 radical (unpaired) electrons. The second-order valence-electron chi connectivity index (χ2n) is 4.46. The molecule has 8 nitrogen and oxygen atoms in total. The van der Waals surface area contributed by atoms with Crippen molar-refractivity contribution in [3.8, 4) is 6.07 Å². The van der Waals surface area contributed by atoms with E-state index in [-0.39, 0.29) is 16.8 Å². The molecule has 1 aromatic heterocycles. The van der Waals surface area contributed by atoms with Crippen LogP contribution in [0.4, 0.5) is 0 Å². The second-order valence-corrected chi connectivity index (χ2v) is 6.51. The number of nitrogens with zero attached hydrogens (tertiary/aromatic N) is 2. The van der Waals surface area contributed by atoms with Crippen LogP contribution < -0.4 is 5.43 Å². The highest BCUT2D eigenvalue weighted by Crippen LogP contribution is 2.18. The van der Waals surface area contributed by atoms with Crippen molar-refractivity contribution in [3.63, 3.8) is 0 Å². The van der Waals surface area contributed by atoms with Gasteiger partial charge in [0.25, 0.3) is 0 Å². The van der Waals surface area contributed by atoms with Crippen molar-refractivity contribution in [2.75, 3.05) is 13.6 Å². The lowest BCUT2D eigenvalue weighted by molar-refractivity contribution is 0.0695. The Kier molecular flexibility index (Phi) is 3.99. The molecule has 2 N–H and O–H groups in total. The molecule has 0 aliphatic rings. The largest absolute Gasteiger partial charge is 0.477 e. The number of hydrogen-bond donors (Lipinski definition) is 2. The topological polar surface area (TPSA) is 131 Å². The molecular weight excluding hydrogens is 310 g/mol. The number of rotatable bonds is 4. The standard InChI is InChI=1S/C13H11N3O5S/c1-16(5-4-14)22(20,21)8-2-3-11-9(6-8)12(17)10(7-15-11)13(18)19/h2-3,6-7H,5H2,1H3,(H,15,17)(H,18,19). The molecule has 1 aromatic carbocycles. The molecule has 0 atom stereocenters. The highest BCUT2D eigenvalue weighted by molar-refractivity contribution is 7.89. The molecule has 0 aliphatic carbocycles. The fourth-order valence-corrected chi connectivity index (χ4v) is 2.98. The second kappa shape index (κ2) is 5.59. The van der Waals surface area contributed by atoms with Crippen LogP contribution >= 0.6 is 0 Å². The maximum absolute atomic E-state index is 12.2. The van der Waals surface area contributed by atoms with E-state index in [1.165, 1.54) is 19.2 Å². The van der Waals surface area contributed by atoms with Crippen LogP contribution in [0.25, 0.3) is 10.9 Å². The summed E-state index contributed by atoms with van der Waals surface area (Å²) in [6.45, 7) is -0.341. The maximum atomic E-state index is 12.2. The number of pyridine rings is 1. The summed E-state index contributed by atoms with van der Waals surface area (Å²) in [5, 5.41) is 17.5. The van der Waals surface area contributed by atoms with Crippen LogP contribution in [-0.4, -0.2) is 42.4 Å². The fourth-order valence-electron chi connectivity index (χ4n) is 1.88. The lowest BCUT2D eigenvalue weighted by Gasteiger charge is -2.13. The summed E-state index contributed by atoms with van der Waals surface area (Å²) < 4.78 is 25.3. The summed E-state index contributed by atoms with van der Waals surface area (Å²) in [6.07, 6.45) is 1.06. The summed E-state index contributed by atoms with van der Waals surface area (Å²) in [4.78, 5) is 25.5. The number of nitrogens with one attached hydrogen (secondary N) is 1. The van der Waals surface area contributed by atoms with Gasteiger partial charge in [-0.05, 0) is 18.2 Å². The molecule has 0 unspecified atom stereocenters. The van der Waals surface area contributed by atoms with Gasteiger partial charge in [-0.25, -0.2) is 13.2 Å². The number of aromatic carboxylic acids is 1. The highest BCUT2D eigenvalue weighted by atomic mass is 32.2. The first-order valence-electron chi connectivity index (χ1n) is 6.01. The van der Waals surface area contributed by atoms with Crippen LogP contribution in [0.1, 0.15) is 10.4 Å². The van der Waals surface area contributed by atoms with E-state index in [1.54, 1.807) is 6.07 Å². The Bertz CT molecular complexity index is 956. The van der Waals surface area contributed by atoms with Gasteiger partial charge in [0.15, 0.2) is 0 Å². The van der Waals surface area contributed by atoms with Crippen molar-refractivity contribution >= 4 is 26.9 Å². The van der Waals surface area contributed by atoms with E-state index >= 15 is 0 Å². The molecule has 0 amide bonds. The summed E-state index contributed by atoms with van der Waals surface area (Å²) >= 11 is 0. The summed E-state index contributed by atoms with van der Waals surface area (Å²) in [5.74, 6) is -1.40. The molecule has 22 heavy (non-hydrogen) atoms. The Labute approximate surface area is 125 Å². The molecule has 0 saturated heterocycles. The van der Waals surface area contributed by atoms with Gasteiger partial charge < -0.3 is 10.1 Å². The molecule has 0 fully saturated rings. The molecule has 9 heteroatoms. The number of carboxylic acid groups (broad SMARTS) is 1. The Morgan fingerprint density at radius 3 is 2.73 bits per heavy atom. The molecule has 0 spiro atoms. The lowest BCUT2D eigenvalue weighted by atomic mass is 10.1. The first-order valence-corrected chi connectivity index (χ1v) is 7.45. The fraction of sp³-hybridized carbons (Fsp3) is 0.154. The Morgan fingerprint density at radius 1 is 1.45 bits per heavy atom. The number of aromatic nitrogens is 1. The highest BCUT2D eigenvalue weighted by Gasteiger charge is 2.22. The molecule has 2 aromatic rings. The maximum Gasteiger partial charge on any atom is 0.341 e. The van der Waals surface area contributed by atoms with Gasteiger partial charge in [-0.2, -0.15) is 9.57 Å². The van der Waals surface area contributed by atoms with Crippen LogP contribution in [0.15, 0.2) is 34.1 Å². The summed E-state index contributed by atoms with van der Waals surface area (Å²) in [5.41, 5.74) is -0.939. The predicted octanol–water partition coefficient (Wildman–Crippen LogP) is 0.370. The number of aromatic amines is 1. The van der Waals surface area contributed by atoms with Gasteiger partial charge >= 0.3 is 5.97 Å². The van der Waals surface area contributed by atoms with Crippen molar-refractivity contribution in [2.24, 2.45) is 0 Å². The van der Waals surface area contributed by atoms with E-state index in [0.29, 0.717) is 5.52 Å². The van der Waals surface area contributed by atoms with Gasteiger partial charge in [0.1, 0.15) is 12.1 Å². The van der Waals surface area contributed by atoms with Crippen LogP contribution in [0.2, 0.25) is 0 Å². The van der Waals surface area contributed by atoms with Crippen molar-refractivity contribution in [2.45, 2.75) is 4.90 Å². The SMILES string of the molecule is CN(CC#N)S(=O)(=O)c1ccc2[nH]cc(C(=O)O)c(=O)c2c1. The average molecular weight is 321 g/mol. The number of carboxylic acids is 1. The number of H-pyrrole nitrogens is 1. The van der Waals surface area contributed by atoms with Crippen LogP contribution in [-0.2, 0) is 10.0 Å². The zero-order valence-corrected chi connectivity index (χ0v) is 12.2. The molecule has 114 valence electrons. The molecule has 0 saturated carbocycles. The summed E-state index contributed by atoms with van der Waals surface area (Å²) in [7, 11) is -2.70. The molecule has 0 bridgehead atoms. The predicted molar refractivity (Wildman–Crippen MR) is 77.0 cm³/mol. The number of benzene rings is 1. The van der Waals surface area contributed by atoms with E-state index in [0.717, 1.165) is 16.6 Å². The van der Waals surface area contributed by atoms with Crippen LogP contribution in [0.5, 0.6) is 0 Å². The van der Waals surface area contributed by atoms with E-state index in [2.05, 4.69) is 4.98 Å². The molecule has 1 heterocycles. The Morgan fingerprint density at radius 2 is 2.14 bits per heavy atom. The first-order chi connectivity index (χ1) is 10.3. The third kappa shape index (κ3) is 2.57. The summed E-state index contributed by atoms with van der Waals surface area (Å²) in [6, 6.07) is 5.47. The van der Waals surface area contributed by atoms with Gasteiger partial charge in [-0.15, -0.1) is 0 Å². The first kappa shape index (κ1) is 15.7. The van der Waals surface area contributed by atoms with Crippen LogP contribution in [0, 0.1) is 11.3 Å². The van der Waals surface area contributed by atoms with Crippen molar-refractivity contribution in [1.82, 2.24) is 9.29 Å². The minimum atomic E-state index is -3.93. The third-order valence-corrected chi connectivity index (χ3v) is 4.88. The number of fused-ring (bicyclic) bond motifs is 1. The minimum absolute atomic E-state index is 0.0497. The third-order valence-electron chi connectivity index (χ3n) is 3.08. The van der Waals surface area contributed by atoms with Gasteiger partial charge in [0.05, 0.1) is 11.0 Å². The van der Waals surface area contributed by atoms with Crippen molar-refractivity contribution < 1.29 is 18.3 Å². The molecular formula is C13H11N3O5S. The molecule has 2 rings (SSSR count). The zero-order chi connectivity index (χ0) is 16.5. The molecule has 0 aliphatic heterocycles. The van der Waals surface area contributed by atoms with Gasteiger partial charge in [0.2, 0.25) is 15.5 Å². The van der Waals surface area contributed by atoms with Crippen molar-refractivity contribution in [3.05, 3.63) is 40.2 Å². The minimum Gasteiger partial charge on any atom is -0.477 e. The quantitative estimate of drug-likeness (QED) is 0.782. The Balaban J connectivity index is 2.70. The van der Waals surface area contributed by atoms with E-state index in [9.17, 15) is 18.0 Å². The number of sulfonamides is 1. The van der Waals surface area contributed by atoms with E-state index in [1.807, 2.05) is 0 Å². The average Bonchev–Trinajstić information content (AvgIpc) is 2.47. The number of nitriles is 1.